The third kappa shape index (κ3) is 3.18. The van der Waals surface area contributed by atoms with E-state index in [0.717, 1.165) is 22.3 Å². The zero-order valence-electron chi connectivity index (χ0n) is 11.8. The fourth-order valence-corrected chi connectivity index (χ4v) is 2.44. The highest BCUT2D eigenvalue weighted by atomic mass is 19.4. The Labute approximate surface area is 130 Å². The average molecular weight is 319 g/mol. The fourth-order valence-electron chi connectivity index (χ4n) is 2.44. The van der Waals surface area contributed by atoms with Crippen molar-refractivity contribution in [2.45, 2.75) is 6.18 Å². The Bertz CT molecular complexity index is 737. The summed E-state index contributed by atoms with van der Waals surface area (Å²) in [6.45, 7) is -1.41. The van der Waals surface area contributed by atoms with Crippen LogP contribution in [0.4, 0.5) is 18.0 Å². The van der Waals surface area contributed by atoms with Gasteiger partial charge in [-0.05, 0) is 11.1 Å². The molecule has 0 heterocycles. The van der Waals surface area contributed by atoms with Gasteiger partial charge in [0.2, 0.25) is 0 Å². The summed E-state index contributed by atoms with van der Waals surface area (Å²) in [6, 6.07) is 14.0. The first-order chi connectivity index (χ1) is 11.0. The van der Waals surface area contributed by atoms with Crippen LogP contribution in [0.1, 0.15) is 11.1 Å². The Kier molecular flexibility index (Phi) is 3.77. The molecular formula is C16H12F3N3O. The van der Waals surface area contributed by atoms with Crippen molar-refractivity contribution in [3.63, 3.8) is 0 Å². The monoisotopic (exact) mass is 319 g/mol. The molecule has 2 amide bonds. The lowest BCUT2D eigenvalue weighted by molar-refractivity contribution is -0.122. The SMILES string of the molecule is O=C(NCC(F)(F)F)NN=C1c2ccccc2-c2ccccc21. The lowest BCUT2D eigenvalue weighted by Gasteiger charge is -2.08. The smallest absolute Gasteiger partial charge is 0.328 e. The summed E-state index contributed by atoms with van der Waals surface area (Å²) < 4.78 is 36.2. The van der Waals surface area contributed by atoms with E-state index in [1.807, 2.05) is 48.5 Å². The number of fused-ring (bicyclic) bond motifs is 3. The van der Waals surface area contributed by atoms with Gasteiger partial charge in [-0.15, -0.1) is 0 Å². The van der Waals surface area contributed by atoms with Crippen LogP contribution in [0, 0.1) is 0 Å². The van der Waals surface area contributed by atoms with Gasteiger partial charge in [-0.3, -0.25) is 0 Å². The van der Waals surface area contributed by atoms with Crippen LogP contribution in [0.2, 0.25) is 0 Å². The molecule has 0 atom stereocenters. The van der Waals surface area contributed by atoms with Crippen molar-refractivity contribution in [1.82, 2.24) is 10.7 Å². The maximum Gasteiger partial charge on any atom is 0.405 e. The number of rotatable bonds is 2. The van der Waals surface area contributed by atoms with E-state index in [9.17, 15) is 18.0 Å². The molecule has 0 spiro atoms. The van der Waals surface area contributed by atoms with Gasteiger partial charge < -0.3 is 5.32 Å². The minimum absolute atomic E-state index is 0.526. The topological polar surface area (TPSA) is 53.5 Å². The molecule has 0 aliphatic heterocycles. The molecule has 2 aromatic carbocycles. The van der Waals surface area contributed by atoms with E-state index in [1.165, 1.54) is 0 Å². The third-order valence-corrected chi connectivity index (χ3v) is 3.37. The van der Waals surface area contributed by atoms with E-state index < -0.39 is 18.8 Å². The Hall–Kier alpha value is -2.83. The molecule has 2 N–H and O–H groups in total. The van der Waals surface area contributed by atoms with Crippen molar-refractivity contribution in [3.8, 4) is 11.1 Å². The summed E-state index contributed by atoms with van der Waals surface area (Å²) in [7, 11) is 0. The first-order valence-corrected chi connectivity index (χ1v) is 6.83. The molecule has 7 heteroatoms. The maximum absolute atomic E-state index is 12.1. The first-order valence-electron chi connectivity index (χ1n) is 6.83. The van der Waals surface area contributed by atoms with Gasteiger partial charge in [0.05, 0.1) is 5.71 Å². The predicted octanol–water partition coefficient (Wildman–Crippen LogP) is 3.28. The minimum Gasteiger partial charge on any atom is -0.328 e. The van der Waals surface area contributed by atoms with Crippen molar-refractivity contribution in [3.05, 3.63) is 59.7 Å². The number of alkyl halides is 3. The number of carbonyl (C=O) groups is 1. The maximum atomic E-state index is 12.1. The molecule has 118 valence electrons. The van der Waals surface area contributed by atoms with Gasteiger partial charge in [-0.1, -0.05) is 48.5 Å². The second kappa shape index (κ2) is 5.75. The molecule has 0 saturated heterocycles. The quantitative estimate of drug-likeness (QED) is 0.700. The molecule has 1 aliphatic rings. The van der Waals surface area contributed by atoms with E-state index >= 15 is 0 Å². The van der Waals surface area contributed by atoms with Gasteiger partial charge in [0.1, 0.15) is 6.54 Å². The highest BCUT2D eigenvalue weighted by Crippen LogP contribution is 2.36. The van der Waals surface area contributed by atoms with Crippen LogP contribution < -0.4 is 10.7 Å². The average Bonchev–Trinajstić information content (AvgIpc) is 2.84. The van der Waals surface area contributed by atoms with E-state index in [-0.39, 0.29) is 0 Å². The van der Waals surface area contributed by atoms with Gasteiger partial charge in [0.25, 0.3) is 0 Å². The fraction of sp³-hybridized carbons (Fsp3) is 0.125. The standard InChI is InChI=1S/C16H12F3N3O/c17-16(18,19)9-20-15(23)22-21-14-12-7-3-1-5-10(12)11-6-2-4-8-13(11)14/h1-8H,9H2,(H2,20,22,23). The third-order valence-electron chi connectivity index (χ3n) is 3.37. The number of urea groups is 1. The molecule has 23 heavy (non-hydrogen) atoms. The molecule has 4 nitrogen and oxygen atoms in total. The van der Waals surface area contributed by atoms with Crippen LogP contribution in [0.5, 0.6) is 0 Å². The number of hydrogen-bond donors (Lipinski definition) is 2. The predicted molar refractivity (Wildman–Crippen MR) is 80.1 cm³/mol. The van der Waals surface area contributed by atoms with Crippen LogP contribution in [0.3, 0.4) is 0 Å². The van der Waals surface area contributed by atoms with Crippen LogP contribution in [-0.2, 0) is 0 Å². The van der Waals surface area contributed by atoms with Crippen molar-refractivity contribution in [2.24, 2.45) is 5.10 Å². The second-order valence-corrected chi connectivity index (χ2v) is 4.96. The van der Waals surface area contributed by atoms with Crippen molar-refractivity contribution < 1.29 is 18.0 Å². The minimum atomic E-state index is -4.46. The van der Waals surface area contributed by atoms with E-state index in [2.05, 4.69) is 10.5 Å². The van der Waals surface area contributed by atoms with Gasteiger partial charge in [-0.2, -0.15) is 18.3 Å². The molecule has 0 saturated carbocycles. The number of amides is 2. The Balaban J connectivity index is 1.84. The van der Waals surface area contributed by atoms with Gasteiger partial charge in [0, 0.05) is 11.1 Å². The van der Waals surface area contributed by atoms with E-state index in [4.69, 9.17) is 0 Å². The molecule has 3 rings (SSSR count). The van der Waals surface area contributed by atoms with Crippen LogP contribution in [0.25, 0.3) is 11.1 Å². The molecule has 2 aromatic rings. The van der Waals surface area contributed by atoms with E-state index in [0.29, 0.717) is 5.71 Å². The van der Waals surface area contributed by atoms with Crippen LogP contribution >= 0.6 is 0 Å². The first kappa shape index (κ1) is 15.1. The second-order valence-electron chi connectivity index (χ2n) is 4.96. The number of hydrazone groups is 1. The van der Waals surface area contributed by atoms with Gasteiger partial charge in [0.15, 0.2) is 0 Å². The molecule has 0 unspecified atom stereocenters. The number of hydrogen-bond acceptors (Lipinski definition) is 2. The molecular weight excluding hydrogens is 307 g/mol. The van der Waals surface area contributed by atoms with Crippen molar-refractivity contribution in [2.75, 3.05) is 6.54 Å². The Morgan fingerprint density at radius 2 is 1.39 bits per heavy atom. The van der Waals surface area contributed by atoms with Gasteiger partial charge in [-0.25, -0.2) is 10.2 Å². The summed E-state index contributed by atoms with van der Waals surface area (Å²) in [5, 5.41) is 5.71. The lowest BCUT2D eigenvalue weighted by atomic mass is 10.1. The molecule has 0 bridgehead atoms. The molecule has 0 aromatic heterocycles. The summed E-state index contributed by atoms with van der Waals surface area (Å²) in [5.41, 5.74) is 6.23. The Morgan fingerprint density at radius 3 is 1.87 bits per heavy atom. The highest BCUT2D eigenvalue weighted by molar-refractivity contribution is 6.24. The zero-order chi connectivity index (χ0) is 16.4. The summed E-state index contributed by atoms with van der Waals surface area (Å²) in [5.74, 6) is 0. The summed E-state index contributed by atoms with van der Waals surface area (Å²) >= 11 is 0. The Morgan fingerprint density at radius 1 is 0.913 bits per heavy atom. The molecule has 1 aliphatic carbocycles. The van der Waals surface area contributed by atoms with Crippen molar-refractivity contribution >= 4 is 11.7 Å². The summed E-state index contributed by atoms with van der Waals surface area (Å²) in [4.78, 5) is 11.4. The number of carbonyl (C=O) groups excluding carboxylic acids is 1. The van der Waals surface area contributed by atoms with Crippen LogP contribution in [-0.4, -0.2) is 24.5 Å². The highest BCUT2D eigenvalue weighted by Gasteiger charge is 2.28. The lowest BCUT2D eigenvalue weighted by Crippen LogP contribution is -2.39. The summed E-state index contributed by atoms with van der Waals surface area (Å²) in [6.07, 6.45) is -4.46. The zero-order valence-corrected chi connectivity index (χ0v) is 11.8. The number of nitrogens with zero attached hydrogens (tertiary/aromatic N) is 1. The normalized spacial score (nSPS) is 12.4. The molecule has 0 radical (unpaired) electrons. The number of nitrogens with one attached hydrogen (secondary N) is 2. The number of benzene rings is 2. The van der Waals surface area contributed by atoms with E-state index in [1.54, 1.807) is 5.32 Å². The van der Waals surface area contributed by atoms with Gasteiger partial charge >= 0.3 is 12.2 Å². The number of halogens is 3. The largest absolute Gasteiger partial charge is 0.405 e. The molecule has 0 fully saturated rings. The van der Waals surface area contributed by atoms with Crippen molar-refractivity contribution in [1.29, 1.82) is 0 Å². The van der Waals surface area contributed by atoms with Crippen LogP contribution in [0.15, 0.2) is 53.6 Å².